The fourth-order valence-corrected chi connectivity index (χ4v) is 4.15. The van der Waals surface area contributed by atoms with Gasteiger partial charge in [-0.25, -0.2) is 13.4 Å². The van der Waals surface area contributed by atoms with Crippen molar-refractivity contribution in [2.45, 2.75) is 12.5 Å². The highest BCUT2D eigenvalue weighted by Crippen LogP contribution is 2.18. The average molecular weight is 298 g/mol. The van der Waals surface area contributed by atoms with Crippen molar-refractivity contribution < 1.29 is 13.2 Å². The van der Waals surface area contributed by atoms with Crippen molar-refractivity contribution in [3.05, 3.63) is 12.3 Å². The van der Waals surface area contributed by atoms with E-state index >= 15 is 0 Å². The lowest BCUT2D eigenvalue weighted by Crippen LogP contribution is -2.37. The molecule has 0 radical (unpaired) electrons. The minimum Gasteiger partial charge on any atom is -0.378 e. The van der Waals surface area contributed by atoms with E-state index in [4.69, 9.17) is 4.74 Å². The Balaban J connectivity index is 1.68. The first-order chi connectivity index (χ1) is 9.62. The molecule has 7 nitrogen and oxygen atoms in total. The van der Waals surface area contributed by atoms with E-state index in [1.165, 1.54) is 0 Å². The Bertz CT molecular complexity index is 572. The van der Waals surface area contributed by atoms with Crippen LogP contribution in [-0.4, -0.2) is 62.2 Å². The van der Waals surface area contributed by atoms with E-state index in [0.29, 0.717) is 25.6 Å². The number of anilines is 2. The van der Waals surface area contributed by atoms with E-state index in [1.54, 1.807) is 6.20 Å². The first-order valence-electron chi connectivity index (χ1n) is 6.75. The Labute approximate surface area is 118 Å². The van der Waals surface area contributed by atoms with Gasteiger partial charge in [-0.1, -0.05) is 0 Å². The second-order valence-corrected chi connectivity index (χ2v) is 7.31. The van der Waals surface area contributed by atoms with Crippen molar-refractivity contribution in [3.8, 4) is 0 Å². The van der Waals surface area contributed by atoms with Gasteiger partial charge in [0.05, 0.1) is 24.7 Å². The molecule has 8 heteroatoms. The first kappa shape index (κ1) is 13.6. The Morgan fingerprint density at radius 2 is 2.15 bits per heavy atom. The van der Waals surface area contributed by atoms with Crippen molar-refractivity contribution in [2.75, 3.05) is 48.0 Å². The van der Waals surface area contributed by atoms with Crippen LogP contribution >= 0.6 is 0 Å². The molecule has 1 aromatic rings. The van der Waals surface area contributed by atoms with Crippen molar-refractivity contribution >= 4 is 21.6 Å². The van der Waals surface area contributed by atoms with E-state index in [1.807, 2.05) is 6.07 Å². The Hall–Kier alpha value is -1.41. The predicted octanol–water partition coefficient (Wildman–Crippen LogP) is -0.0878. The zero-order valence-electron chi connectivity index (χ0n) is 11.2. The van der Waals surface area contributed by atoms with Gasteiger partial charge in [0.25, 0.3) is 0 Å². The van der Waals surface area contributed by atoms with Gasteiger partial charge >= 0.3 is 0 Å². The van der Waals surface area contributed by atoms with Crippen LogP contribution in [0.5, 0.6) is 0 Å². The number of nitrogens with zero attached hydrogens (tertiary/aromatic N) is 3. The number of rotatable bonds is 3. The van der Waals surface area contributed by atoms with E-state index < -0.39 is 9.84 Å². The highest BCUT2D eigenvalue weighted by molar-refractivity contribution is 7.91. The molecule has 3 rings (SSSR count). The monoisotopic (exact) mass is 298 g/mol. The summed E-state index contributed by atoms with van der Waals surface area (Å²) in [6, 6.07) is 1.78. The Kier molecular flexibility index (Phi) is 3.75. The summed E-state index contributed by atoms with van der Waals surface area (Å²) >= 11 is 0. The van der Waals surface area contributed by atoms with Crippen LogP contribution in [0.1, 0.15) is 6.42 Å². The molecule has 110 valence electrons. The molecule has 0 amide bonds. The van der Waals surface area contributed by atoms with Gasteiger partial charge in [0.2, 0.25) is 5.95 Å². The highest BCUT2D eigenvalue weighted by Gasteiger charge is 2.28. The van der Waals surface area contributed by atoms with Gasteiger partial charge in [0, 0.05) is 25.3 Å². The maximum atomic E-state index is 11.4. The number of hydrogen-bond donors (Lipinski definition) is 1. The molecule has 1 N–H and O–H groups in total. The Morgan fingerprint density at radius 3 is 2.85 bits per heavy atom. The number of sulfone groups is 1. The fourth-order valence-electron chi connectivity index (χ4n) is 2.48. The molecule has 2 fully saturated rings. The Morgan fingerprint density at radius 1 is 1.35 bits per heavy atom. The maximum absolute atomic E-state index is 11.4. The minimum absolute atomic E-state index is 0.0834. The molecule has 0 aromatic carbocycles. The number of aromatic nitrogens is 2. The third kappa shape index (κ3) is 3.18. The molecule has 2 aliphatic rings. The molecule has 0 bridgehead atoms. The van der Waals surface area contributed by atoms with E-state index in [2.05, 4.69) is 20.2 Å². The molecular formula is C12H18N4O3S. The van der Waals surface area contributed by atoms with Crippen LogP contribution in [-0.2, 0) is 14.6 Å². The molecule has 0 saturated carbocycles. The molecule has 1 atom stereocenters. The third-order valence-corrected chi connectivity index (χ3v) is 5.31. The summed E-state index contributed by atoms with van der Waals surface area (Å²) in [6.07, 6.45) is 2.32. The topological polar surface area (TPSA) is 84.4 Å². The van der Waals surface area contributed by atoms with Crippen LogP contribution in [0.3, 0.4) is 0 Å². The number of nitrogens with one attached hydrogen (secondary N) is 1. The summed E-state index contributed by atoms with van der Waals surface area (Å²) < 4.78 is 28.2. The predicted molar refractivity (Wildman–Crippen MR) is 75.7 cm³/mol. The van der Waals surface area contributed by atoms with Crippen molar-refractivity contribution in [1.82, 2.24) is 9.97 Å². The molecule has 1 unspecified atom stereocenters. The van der Waals surface area contributed by atoms with E-state index in [0.717, 1.165) is 18.9 Å². The van der Waals surface area contributed by atoms with Gasteiger partial charge in [-0.15, -0.1) is 0 Å². The molecule has 0 aliphatic carbocycles. The lowest BCUT2D eigenvalue weighted by Gasteiger charge is -2.27. The lowest BCUT2D eigenvalue weighted by molar-refractivity contribution is 0.122. The highest BCUT2D eigenvalue weighted by atomic mass is 32.2. The van der Waals surface area contributed by atoms with Crippen molar-refractivity contribution in [3.63, 3.8) is 0 Å². The maximum Gasteiger partial charge on any atom is 0.224 e. The summed E-state index contributed by atoms with van der Waals surface area (Å²) in [7, 11) is -2.89. The first-order valence-corrected chi connectivity index (χ1v) is 8.57. The molecular weight excluding hydrogens is 280 g/mol. The molecule has 2 saturated heterocycles. The number of hydrogen-bond acceptors (Lipinski definition) is 7. The van der Waals surface area contributed by atoms with Crippen LogP contribution in [0.4, 0.5) is 11.8 Å². The van der Waals surface area contributed by atoms with Crippen LogP contribution < -0.4 is 10.2 Å². The molecule has 1 aromatic heterocycles. The quantitative estimate of drug-likeness (QED) is 0.835. The number of morpholine rings is 1. The lowest BCUT2D eigenvalue weighted by atomic mass is 10.3. The van der Waals surface area contributed by atoms with E-state index in [-0.39, 0.29) is 17.5 Å². The minimum atomic E-state index is -2.89. The van der Waals surface area contributed by atoms with Crippen molar-refractivity contribution in [2.24, 2.45) is 0 Å². The fraction of sp³-hybridized carbons (Fsp3) is 0.667. The van der Waals surface area contributed by atoms with Gasteiger partial charge < -0.3 is 15.0 Å². The zero-order chi connectivity index (χ0) is 14.0. The summed E-state index contributed by atoms with van der Waals surface area (Å²) in [4.78, 5) is 10.8. The molecule has 3 heterocycles. The smallest absolute Gasteiger partial charge is 0.224 e. The second kappa shape index (κ2) is 5.53. The standard InChI is InChI=1S/C12H18N4O3S/c17-20(18)8-2-10(9-20)14-12-13-3-1-11(15-12)16-4-6-19-7-5-16/h1,3,10H,2,4-9H2,(H,13,14,15). The molecule has 20 heavy (non-hydrogen) atoms. The van der Waals surface area contributed by atoms with Gasteiger partial charge in [-0.3, -0.25) is 0 Å². The zero-order valence-corrected chi connectivity index (χ0v) is 12.0. The van der Waals surface area contributed by atoms with Gasteiger partial charge in [-0.2, -0.15) is 4.98 Å². The normalized spacial score (nSPS) is 25.6. The van der Waals surface area contributed by atoms with Gasteiger partial charge in [0.1, 0.15) is 5.82 Å². The molecule has 0 spiro atoms. The van der Waals surface area contributed by atoms with Crippen LogP contribution in [0, 0.1) is 0 Å². The van der Waals surface area contributed by atoms with Crippen LogP contribution in [0.25, 0.3) is 0 Å². The third-order valence-electron chi connectivity index (χ3n) is 3.54. The van der Waals surface area contributed by atoms with Crippen LogP contribution in [0.15, 0.2) is 12.3 Å². The summed E-state index contributed by atoms with van der Waals surface area (Å²) in [5.74, 6) is 1.76. The van der Waals surface area contributed by atoms with Gasteiger partial charge in [0.15, 0.2) is 9.84 Å². The SMILES string of the molecule is O=S1(=O)CCC(Nc2nccc(N3CCOCC3)n2)C1. The summed E-state index contributed by atoms with van der Waals surface area (Å²) in [5, 5.41) is 3.12. The van der Waals surface area contributed by atoms with E-state index in [9.17, 15) is 8.42 Å². The van der Waals surface area contributed by atoms with Crippen molar-refractivity contribution in [1.29, 1.82) is 0 Å². The van der Waals surface area contributed by atoms with Crippen LogP contribution in [0.2, 0.25) is 0 Å². The number of ether oxygens (including phenoxy) is 1. The second-order valence-electron chi connectivity index (χ2n) is 5.08. The summed E-state index contributed by atoms with van der Waals surface area (Å²) in [6.45, 7) is 3.03. The summed E-state index contributed by atoms with van der Waals surface area (Å²) in [5.41, 5.74) is 0. The average Bonchev–Trinajstić information content (AvgIpc) is 2.79. The largest absolute Gasteiger partial charge is 0.378 e. The van der Waals surface area contributed by atoms with Gasteiger partial charge in [-0.05, 0) is 12.5 Å². The molecule has 2 aliphatic heterocycles.